The number of nitrogens with zero attached hydrogens (tertiary/aromatic N) is 1. The Balaban J connectivity index is 2.72. The minimum atomic E-state index is -0.462. The minimum Gasteiger partial charge on any atom is -0.366 e. The monoisotopic (exact) mass is 148 g/mol. The lowest BCUT2D eigenvalue weighted by Crippen LogP contribution is -2.05. The predicted octanol–water partition coefficient (Wildman–Crippen LogP) is 0.580. The van der Waals surface area contributed by atoms with E-state index in [4.69, 9.17) is 5.73 Å². The van der Waals surface area contributed by atoms with E-state index in [9.17, 15) is 4.79 Å². The van der Waals surface area contributed by atoms with E-state index in [1.54, 1.807) is 18.3 Å². The Bertz CT molecular complexity index is 267. The molecule has 0 aliphatic carbocycles. The molecule has 0 atom stereocenters. The number of amides is 1. The van der Waals surface area contributed by atoms with Crippen LogP contribution in [0.5, 0.6) is 0 Å². The summed E-state index contributed by atoms with van der Waals surface area (Å²) in [6.07, 6.45) is 4.51. The van der Waals surface area contributed by atoms with Crippen LogP contribution in [0.1, 0.15) is 5.69 Å². The second-order valence-corrected chi connectivity index (χ2v) is 1.99. The number of carbonyl (C=O) groups excluding carboxylic acids is 1. The van der Waals surface area contributed by atoms with E-state index in [2.05, 4.69) is 4.98 Å². The molecular formula is C8H8N2O. The summed E-state index contributed by atoms with van der Waals surface area (Å²) in [5.74, 6) is -0.462. The van der Waals surface area contributed by atoms with Crippen molar-refractivity contribution in [1.29, 1.82) is 0 Å². The van der Waals surface area contributed by atoms with Gasteiger partial charge in [-0.15, -0.1) is 0 Å². The molecule has 1 amide bonds. The Morgan fingerprint density at radius 2 is 2.36 bits per heavy atom. The summed E-state index contributed by atoms with van der Waals surface area (Å²) in [7, 11) is 0. The predicted molar refractivity (Wildman–Crippen MR) is 42.5 cm³/mol. The highest BCUT2D eigenvalue weighted by Gasteiger charge is 1.85. The van der Waals surface area contributed by atoms with Gasteiger partial charge in [-0.25, -0.2) is 0 Å². The fourth-order valence-corrected chi connectivity index (χ4v) is 0.642. The smallest absolute Gasteiger partial charge is 0.241 e. The lowest BCUT2D eigenvalue weighted by Gasteiger charge is -1.87. The van der Waals surface area contributed by atoms with Crippen LogP contribution < -0.4 is 5.73 Å². The maximum Gasteiger partial charge on any atom is 0.241 e. The number of hydrogen-bond donors (Lipinski definition) is 1. The van der Waals surface area contributed by atoms with Crippen molar-refractivity contribution in [1.82, 2.24) is 4.98 Å². The van der Waals surface area contributed by atoms with Crippen LogP contribution in [0, 0.1) is 0 Å². The van der Waals surface area contributed by atoms with Gasteiger partial charge in [-0.2, -0.15) is 0 Å². The van der Waals surface area contributed by atoms with Gasteiger partial charge in [0.25, 0.3) is 0 Å². The highest BCUT2D eigenvalue weighted by Crippen LogP contribution is 1.94. The lowest BCUT2D eigenvalue weighted by atomic mass is 10.3. The second kappa shape index (κ2) is 3.51. The van der Waals surface area contributed by atoms with E-state index in [-0.39, 0.29) is 0 Å². The number of nitrogens with two attached hydrogens (primary N) is 1. The topological polar surface area (TPSA) is 56.0 Å². The molecule has 0 saturated carbocycles. The Kier molecular flexibility index (Phi) is 2.38. The zero-order valence-electron chi connectivity index (χ0n) is 5.90. The SMILES string of the molecule is NC(=O)/C=C/c1ccccn1. The van der Waals surface area contributed by atoms with Crippen molar-refractivity contribution in [2.45, 2.75) is 0 Å². The highest BCUT2D eigenvalue weighted by molar-refractivity contribution is 5.89. The van der Waals surface area contributed by atoms with Crippen LogP contribution in [0.3, 0.4) is 0 Å². The van der Waals surface area contributed by atoms with Crippen molar-refractivity contribution in [3.8, 4) is 0 Å². The summed E-state index contributed by atoms with van der Waals surface area (Å²) in [6, 6.07) is 5.44. The number of aromatic nitrogens is 1. The first-order valence-electron chi connectivity index (χ1n) is 3.17. The summed E-state index contributed by atoms with van der Waals surface area (Å²) in [6.45, 7) is 0. The first-order valence-corrected chi connectivity index (χ1v) is 3.17. The third-order valence-corrected chi connectivity index (χ3v) is 1.11. The molecule has 3 nitrogen and oxygen atoms in total. The van der Waals surface area contributed by atoms with Crippen molar-refractivity contribution in [2.75, 3.05) is 0 Å². The van der Waals surface area contributed by atoms with Crippen molar-refractivity contribution in [3.63, 3.8) is 0 Å². The number of rotatable bonds is 2. The van der Waals surface area contributed by atoms with Crippen LogP contribution in [0.25, 0.3) is 6.08 Å². The van der Waals surface area contributed by atoms with Gasteiger partial charge in [0.15, 0.2) is 0 Å². The van der Waals surface area contributed by atoms with Gasteiger partial charge in [0, 0.05) is 12.3 Å². The average molecular weight is 148 g/mol. The summed E-state index contributed by atoms with van der Waals surface area (Å²) < 4.78 is 0. The second-order valence-electron chi connectivity index (χ2n) is 1.99. The standard InChI is InChI=1S/C8H8N2O/c9-8(11)5-4-7-3-1-2-6-10-7/h1-6H,(H2,9,11)/b5-4+. The zero-order chi connectivity index (χ0) is 8.10. The maximum absolute atomic E-state index is 10.3. The number of pyridine rings is 1. The summed E-state index contributed by atoms with van der Waals surface area (Å²) >= 11 is 0. The van der Waals surface area contributed by atoms with Crippen molar-refractivity contribution in [3.05, 3.63) is 36.2 Å². The molecule has 1 aromatic rings. The normalized spacial score (nSPS) is 10.2. The van der Waals surface area contributed by atoms with E-state index >= 15 is 0 Å². The summed E-state index contributed by atoms with van der Waals surface area (Å²) in [5, 5.41) is 0. The first-order chi connectivity index (χ1) is 5.29. The molecule has 0 aromatic carbocycles. The van der Waals surface area contributed by atoms with Crippen LogP contribution in [-0.4, -0.2) is 10.9 Å². The van der Waals surface area contributed by atoms with Crippen molar-refractivity contribution >= 4 is 12.0 Å². The van der Waals surface area contributed by atoms with Gasteiger partial charge in [0.05, 0.1) is 5.69 Å². The molecule has 1 heterocycles. The van der Waals surface area contributed by atoms with Crippen LogP contribution >= 0.6 is 0 Å². The average Bonchev–Trinajstić information content (AvgIpc) is 2.03. The highest BCUT2D eigenvalue weighted by atomic mass is 16.1. The van der Waals surface area contributed by atoms with Gasteiger partial charge >= 0.3 is 0 Å². The van der Waals surface area contributed by atoms with E-state index in [1.807, 2.05) is 12.1 Å². The van der Waals surface area contributed by atoms with E-state index in [0.717, 1.165) is 5.69 Å². The molecule has 56 valence electrons. The van der Waals surface area contributed by atoms with Crippen LogP contribution in [0.4, 0.5) is 0 Å². The quantitative estimate of drug-likeness (QED) is 0.624. The summed E-state index contributed by atoms with van der Waals surface area (Å²) in [5.41, 5.74) is 5.61. The van der Waals surface area contributed by atoms with Gasteiger partial charge in [0.2, 0.25) is 5.91 Å². The fourth-order valence-electron chi connectivity index (χ4n) is 0.642. The van der Waals surface area contributed by atoms with Crippen molar-refractivity contribution in [2.24, 2.45) is 5.73 Å². The molecule has 0 aliphatic rings. The molecule has 0 spiro atoms. The zero-order valence-corrected chi connectivity index (χ0v) is 5.90. The van der Waals surface area contributed by atoms with E-state index < -0.39 is 5.91 Å². The van der Waals surface area contributed by atoms with E-state index in [0.29, 0.717) is 0 Å². The van der Waals surface area contributed by atoms with Crippen LogP contribution in [0.15, 0.2) is 30.5 Å². The van der Waals surface area contributed by atoms with Gasteiger partial charge in [0.1, 0.15) is 0 Å². The molecule has 0 radical (unpaired) electrons. The van der Waals surface area contributed by atoms with Gasteiger partial charge < -0.3 is 5.73 Å². The largest absolute Gasteiger partial charge is 0.366 e. The fraction of sp³-hybridized carbons (Fsp3) is 0. The van der Waals surface area contributed by atoms with Crippen LogP contribution in [-0.2, 0) is 4.79 Å². The first kappa shape index (κ1) is 7.47. The van der Waals surface area contributed by atoms with Crippen molar-refractivity contribution < 1.29 is 4.79 Å². The molecule has 1 aromatic heterocycles. The molecule has 1 rings (SSSR count). The molecule has 0 fully saturated rings. The third kappa shape index (κ3) is 2.62. The molecule has 0 aliphatic heterocycles. The molecule has 3 heteroatoms. The number of hydrogen-bond acceptors (Lipinski definition) is 2. The third-order valence-electron chi connectivity index (χ3n) is 1.11. The van der Waals surface area contributed by atoms with Gasteiger partial charge in [-0.3, -0.25) is 9.78 Å². The Labute approximate surface area is 64.6 Å². The summed E-state index contributed by atoms with van der Waals surface area (Å²) in [4.78, 5) is 14.2. The molecule has 2 N–H and O–H groups in total. The lowest BCUT2D eigenvalue weighted by molar-refractivity contribution is -0.113. The molecule has 0 unspecified atom stereocenters. The van der Waals surface area contributed by atoms with Crippen LogP contribution in [0.2, 0.25) is 0 Å². The molecule has 0 bridgehead atoms. The van der Waals surface area contributed by atoms with Gasteiger partial charge in [-0.05, 0) is 18.2 Å². The number of primary amides is 1. The molecule has 11 heavy (non-hydrogen) atoms. The molecule has 0 saturated heterocycles. The Hall–Kier alpha value is -1.64. The Morgan fingerprint density at radius 1 is 1.55 bits per heavy atom. The Morgan fingerprint density at radius 3 is 2.91 bits per heavy atom. The minimum absolute atomic E-state index is 0.462. The number of carbonyl (C=O) groups is 1. The maximum atomic E-state index is 10.3. The van der Waals surface area contributed by atoms with Gasteiger partial charge in [-0.1, -0.05) is 6.07 Å². The molecular weight excluding hydrogens is 140 g/mol. The van der Waals surface area contributed by atoms with E-state index in [1.165, 1.54) is 6.08 Å².